The van der Waals surface area contributed by atoms with E-state index in [9.17, 15) is 0 Å². The Kier molecular flexibility index (Phi) is 6.62. The molecule has 0 saturated carbocycles. The fourth-order valence-corrected chi connectivity index (χ4v) is 3.60. The van der Waals surface area contributed by atoms with Crippen LogP contribution in [0.15, 0.2) is 0 Å². The van der Waals surface area contributed by atoms with Gasteiger partial charge < -0.3 is 15.1 Å². The van der Waals surface area contributed by atoms with Gasteiger partial charge in [0.25, 0.3) is 0 Å². The van der Waals surface area contributed by atoms with Crippen molar-refractivity contribution in [3.63, 3.8) is 0 Å². The molecular weight excluding hydrogens is 234 g/mol. The van der Waals surface area contributed by atoms with Gasteiger partial charge in [-0.05, 0) is 97.2 Å². The third-order valence-electron chi connectivity index (χ3n) is 5.02. The monoisotopic (exact) mass is 267 g/mol. The average Bonchev–Trinajstić information content (AvgIpc) is 2.44. The van der Waals surface area contributed by atoms with E-state index in [-0.39, 0.29) is 0 Å². The molecule has 112 valence electrons. The van der Waals surface area contributed by atoms with Gasteiger partial charge in [-0.2, -0.15) is 0 Å². The zero-order valence-electron chi connectivity index (χ0n) is 13.0. The zero-order valence-corrected chi connectivity index (χ0v) is 13.0. The Morgan fingerprint density at radius 2 is 1.74 bits per heavy atom. The summed E-state index contributed by atoms with van der Waals surface area (Å²) < 4.78 is 0. The van der Waals surface area contributed by atoms with Crippen LogP contribution in [0.1, 0.15) is 38.5 Å². The molecule has 1 N–H and O–H groups in total. The Morgan fingerprint density at radius 3 is 2.42 bits per heavy atom. The minimum Gasteiger partial charge on any atom is -0.317 e. The Labute approximate surface area is 119 Å². The third-order valence-corrected chi connectivity index (χ3v) is 5.02. The van der Waals surface area contributed by atoms with Gasteiger partial charge in [-0.15, -0.1) is 0 Å². The molecule has 2 aliphatic rings. The Balaban J connectivity index is 1.54. The normalized spacial score (nSPS) is 27.0. The van der Waals surface area contributed by atoms with Crippen molar-refractivity contribution in [2.75, 3.05) is 53.4 Å². The largest absolute Gasteiger partial charge is 0.317 e. The molecule has 0 spiro atoms. The number of piperidine rings is 2. The zero-order chi connectivity index (χ0) is 13.5. The number of nitrogens with zero attached hydrogens (tertiary/aromatic N) is 2. The minimum absolute atomic E-state index is 0.945. The van der Waals surface area contributed by atoms with Crippen LogP contribution in [0.4, 0.5) is 0 Å². The maximum absolute atomic E-state index is 3.46. The fourth-order valence-electron chi connectivity index (χ4n) is 3.60. The van der Waals surface area contributed by atoms with Crippen LogP contribution in [-0.4, -0.2) is 63.2 Å². The molecule has 1 atom stereocenters. The number of likely N-dealkylation sites (tertiary alicyclic amines) is 1. The van der Waals surface area contributed by atoms with Gasteiger partial charge in [0.2, 0.25) is 0 Å². The first-order chi connectivity index (χ1) is 9.24. The van der Waals surface area contributed by atoms with Crippen molar-refractivity contribution in [3.05, 3.63) is 0 Å². The number of nitrogens with one attached hydrogen (secondary N) is 1. The highest BCUT2D eigenvalue weighted by molar-refractivity contribution is 4.73. The van der Waals surface area contributed by atoms with E-state index in [1.165, 1.54) is 77.8 Å². The second kappa shape index (κ2) is 8.23. The maximum Gasteiger partial charge on any atom is 0.000709 e. The van der Waals surface area contributed by atoms with E-state index in [1.54, 1.807) is 0 Å². The average molecular weight is 267 g/mol. The summed E-state index contributed by atoms with van der Waals surface area (Å²) in [5.74, 6) is 1.92. The molecule has 0 aromatic carbocycles. The lowest BCUT2D eigenvalue weighted by Crippen LogP contribution is -2.34. The first-order valence-electron chi connectivity index (χ1n) is 8.32. The first kappa shape index (κ1) is 15.3. The van der Waals surface area contributed by atoms with Crippen molar-refractivity contribution in [1.82, 2.24) is 15.1 Å². The molecule has 3 heteroatoms. The smallest absolute Gasteiger partial charge is 0.000709 e. The molecule has 2 rings (SSSR count). The second-order valence-electron chi connectivity index (χ2n) is 6.84. The van der Waals surface area contributed by atoms with Crippen molar-refractivity contribution in [1.29, 1.82) is 0 Å². The molecule has 2 fully saturated rings. The second-order valence-corrected chi connectivity index (χ2v) is 6.84. The molecule has 3 nitrogen and oxygen atoms in total. The van der Waals surface area contributed by atoms with Gasteiger partial charge in [0.15, 0.2) is 0 Å². The lowest BCUT2D eigenvalue weighted by atomic mass is 9.93. The van der Waals surface area contributed by atoms with Gasteiger partial charge in [0, 0.05) is 6.54 Å². The molecular formula is C16H33N3. The predicted octanol–water partition coefficient (Wildman–Crippen LogP) is 2.04. The van der Waals surface area contributed by atoms with Crippen LogP contribution in [0.2, 0.25) is 0 Å². The van der Waals surface area contributed by atoms with Crippen LogP contribution in [-0.2, 0) is 0 Å². The van der Waals surface area contributed by atoms with Crippen LogP contribution in [0.3, 0.4) is 0 Å². The van der Waals surface area contributed by atoms with Gasteiger partial charge in [-0.1, -0.05) is 0 Å². The number of hydrogen-bond donors (Lipinski definition) is 1. The first-order valence-corrected chi connectivity index (χ1v) is 8.32. The summed E-state index contributed by atoms with van der Waals surface area (Å²) in [7, 11) is 4.58. The van der Waals surface area contributed by atoms with Gasteiger partial charge in [-0.25, -0.2) is 0 Å². The van der Waals surface area contributed by atoms with Gasteiger partial charge in [0.05, 0.1) is 0 Å². The summed E-state index contributed by atoms with van der Waals surface area (Å²) in [6.45, 7) is 7.70. The Bertz CT molecular complexity index is 238. The maximum atomic E-state index is 3.46. The van der Waals surface area contributed by atoms with Crippen molar-refractivity contribution in [2.24, 2.45) is 11.8 Å². The van der Waals surface area contributed by atoms with Crippen molar-refractivity contribution >= 4 is 0 Å². The van der Waals surface area contributed by atoms with Crippen LogP contribution in [0.5, 0.6) is 0 Å². The van der Waals surface area contributed by atoms with Crippen LogP contribution in [0, 0.1) is 11.8 Å². The molecule has 0 radical (unpaired) electrons. The van der Waals surface area contributed by atoms with Crippen LogP contribution >= 0.6 is 0 Å². The summed E-state index contributed by atoms with van der Waals surface area (Å²) in [6.07, 6.45) is 8.44. The van der Waals surface area contributed by atoms with Gasteiger partial charge in [-0.3, -0.25) is 0 Å². The topological polar surface area (TPSA) is 18.5 Å². The van der Waals surface area contributed by atoms with Crippen LogP contribution < -0.4 is 5.32 Å². The highest BCUT2D eigenvalue weighted by Gasteiger charge is 2.18. The molecule has 2 aliphatic heterocycles. The van der Waals surface area contributed by atoms with Crippen LogP contribution in [0.25, 0.3) is 0 Å². The molecule has 0 bridgehead atoms. The van der Waals surface area contributed by atoms with E-state index in [2.05, 4.69) is 29.2 Å². The summed E-state index contributed by atoms with van der Waals surface area (Å²) >= 11 is 0. The molecule has 1 unspecified atom stereocenters. The predicted molar refractivity (Wildman–Crippen MR) is 82.5 cm³/mol. The Hall–Kier alpha value is -0.120. The van der Waals surface area contributed by atoms with E-state index in [4.69, 9.17) is 0 Å². The van der Waals surface area contributed by atoms with E-state index in [1.807, 2.05) is 0 Å². The molecule has 19 heavy (non-hydrogen) atoms. The Morgan fingerprint density at radius 1 is 1.05 bits per heavy atom. The summed E-state index contributed by atoms with van der Waals surface area (Å²) in [4.78, 5) is 5.07. The lowest BCUT2D eigenvalue weighted by molar-refractivity contribution is 0.182. The summed E-state index contributed by atoms with van der Waals surface area (Å²) in [5, 5.41) is 3.46. The molecule has 2 saturated heterocycles. The molecule has 0 aromatic heterocycles. The fraction of sp³-hybridized carbons (Fsp3) is 1.00. The van der Waals surface area contributed by atoms with E-state index < -0.39 is 0 Å². The number of rotatable bonds is 6. The third kappa shape index (κ3) is 5.80. The standard InChI is InChI=1S/C16H33N3/c1-18(12-7-15-5-9-17-10-6-15)13-8-16-4-3-11-19(2)14-16/h15-17H,3-14H2,1-2H3. The van der Waals surface area contributed by atoms with Gasteiger partial charge in [0.1, 0.15) is 0 Å². The molecule has 0 aliphatic carbocycles. The molecule has 0 aromatic rings. The number of hydrogen-bond acceptors (Lipinski definition) is 3. The lowest BCUT2D eigenvalue weighted by Gasteiger charge is -2.31. The van der Waals surface area contributed by atoms with Gasteiger partial charge >= 0.3 is 0 Å². The van der Waals surface area contributed by atoms with E-state index in [0.29, 0.717) is 0 Å². The SMILES string of the molecule is CN(CCC1CCNCC1)CCC1CCCN(C)C1. The summed E-state index contributed by atoms with van der Waals surface area (Å²) in [6, 6.07) is 0. The summed E-state index contributed by atoms with van der Waals surface area (Å²) in [5.41, 5.74) is 0. The minimum atomic E-state index is 0.945. The quantitative estimate of drug-likeness (QED) is 0.794. The van der Waals surface area contributed by atoms with Crippen molar-refractivity contribution < 1.29 is 0 Å². The molecule has 0 amide bonds. The van der Waals surface area contributed by atoms with E-state index >= 15 is 0 Å². The highest BCUT2D eigenvalue weighted by atomic mass is 15.1. The van der Waals surface area contributed by atoms with E-state index in [0.717, 1.165) is 11.8 Å². The van der Waals surface area contributed by atoms with Crippen molar-refractivity contribution in [2.45, 2.75) is 38.5 Å². The molecule has 2 heterocycles. The highest BCUT2D eigenvalue weighted by Crippen LogP contribution is 2.19. The van der Waals surface area contributed by atoms with Crippen molar-refractivity contribution in [3.8, 4) is 0 Å².